The van der Waals surface area contributed by atoms with Gasteiger partial charge in [0.1, 0.15) is 0 Å². The number of rotatable bonds is 7. The van der Waals surface area contributed by atoms with Crippen LogP contribution in [0.5, 0.6) is 0 Å². The highest BCUT2D eigenvalue weighted by molar-refractivity contribution is 6.64. The van der Waals surface area contributed by atoms with Crippen molar-refractivity contribution >= 4 is 8.72 Å². The first kappa shape index (κ1) is 13.2. The first-order chi connectivity index (χ1) is 7.29. The van der Waals surface area contributed by atoms with E-state index in [-0.39, 0.29) is 0 Å². The van der Waals surface area contributed by atoms with Gasteiger partial charge < -0.3 is 8.85 Å². The van der Waals surface area contributed by atoms with Gasteiger partial charge in [-0.2, -0.15) is 0 Å². The topological polar surface area (TPSA) is 21.7 Å². The van der Waals surface area contributed by atoms with Crippen LogP contribution in [-0.4, -0.2) is 40.6 Å². The van der Waals surface area contributed by atoms with Crippen LogP contribution in [0, 0.1) is 0 Å². The van der Waals surface area contributed by atoms with Gasteiger partial charge in [-0.25, -0.2) is 0 Å². The maximum Gasteiger partial charge on any atom is 0.427 e. The van der Waals surface area contributed by atoms with E-state index in [1.54, 1.807) is 0 Å². The molecule has 0 N–H and O–H groups in total. The Morgan fingerprint density at radius 3 is 2.13 bits per heavy atom. The number of hydrogen-bond acceptors (Lipinski definition) is 3. The summed E-state index contributed by atoms with van der Waals surface area (Å²) in [6.07, 6.45) is 6.39. The molecule has 0 spiro atoms. The highest BCUT2D eigenvalue weighted by Gasteiger charge is 2.43. The summed E-state index contributed by atoms with van der Waals surface area (Å²) < 4.78 is 14.0. The minimum atomic E-state index is -2.01. The fourth-order valence-corrected chi connectivity index (χ4v) is 5.46. The van der Waals surface area contributed by atoms with Crippen LogP contribution in [0.2, 0.25) is 6.04 Å². The summed E-state index contributed by atoms with van der Waals surface area (Å²) in [5.41, 5.74) is 0. The normalized spacial score (nSPS) is 18.6. The molecule has 0 aliphatic carbocycles. The second-order valence-corrected chi connectivity index (χ2v) is 7.65. The van der Waals surface area contributed by atoms with Gasteiger partial charge in [0, 0.05) is 20.3 Å². The van der Waals surface area contributed by atoms with Crippen molar-refractivity contribution in [3.8, 4) is 0 Å². The van der Waals surface area contributed by atoms with Crippen LogP contribution < -0.4 is 0 Å². The molecular weight excluding hydrogens is 206 g/mol. The quantitative estimate of drug-likeness (QED) is 0.496. The fraction of sp³-hybridized carbons (Fsp3) is 1.00. The van der Waals surface area contributed by atoms with Gasteiger partial charge in [0.25, 0.3) is 0 Å². The molecule has 1 fully saturated rings. The lowest BCUT2D eigenvalue weighted by molar-refractivity contribution is 0.173. The number of nitrogens with zero attached hydrogens (tertiary/aromatic N) is 1. The Kier molecular flexibility index (Phi) is 5.82. The lowest BCUT2D eigenvalue weighted by Gasteiger charge is -2.35. The average Bonchev–Trinajstić information content (AvgIpc) is 2.79. The van der Waals surface area contributed by atoms with Crippen LogP contribution in [0.25, 0.3) is 0 Å². The molecule has 1 heterocycles. The highest BCUT2D eigenvalue weighted by atomic mass is 28.4. The molecular formula is C11H25NO2Si. The molecule has 0 bridgehead atoms. The standard InChI is InChI=1S/C11H25NO2Si/c1-4-5-8-11-15(13-2,14-3)12-9-6-7-10-12/h4-11H2,1-3H3. The highest BCUT2D eigenvalue weighted by Crippen LogP contribution is 2.25. The third-order valence-corrected chi connectivity index (χ3v) is 6.99. The Labute approximate surface area is 95.1 Å². The van der Waals surface area contributed by atoms with Crippen LogP contribution in [0.3, 0.4) is 0 Å². The summed E-state index contributed by atoms with van der Waals surface area (Å²) in [5.74, 6) is 0. The molecule has 15 heavy (non-hydrogen) atoms. The van der Waals surface area contributed by atoms with Gasteiger partial charge in [-0.3, -0.25) is 4.57 Å². The molecule has 0 saturated carbocycles. The van der Waals surface area contributed by atoms with Crippen molar-refractivity contribution in [1.82, 2.24) is 4.57 Å². The van der Waals surface area contributed by atoms with E-state index in [0.29, 0.717) is 0 Å². The second-order valence-electron chi connectivity index (χ2n) is 4.27. The Balaban J connectivity index is 2.50. The molecule has 1 saturated heterocycles. The smallest absolute Gasteiger partial charge is 0.386 e. The van der Waals surface area contributed by atoms with Crippen LogP contribution in [0.4, 0.5) is 0 Å². The van der Waals surface area contributed by atoms with Gasteiger partial charge in [0.2, 0.25) is 0 Å². The van der Waals surface area contributed by atoms with Crippen LogP contribution in [0.15, 0.2) is 0 Å². The molecule has 0 amide bonds. The van der Waals surface area contributed by atoms with Crippen LogP contribution >= 0.6 is 0 Å². The number of hydrogen-bond donors (Lipinski definition) is 0. The van der Waals surface area contributed by atoms with E-state index in [4.69, 9.17) is 8.85 Å². The monoisotopic (exact) mass is 231 g/mol. The summed E-state index contributed by atoms with van der Waals surface area (Å²) in [7, 11) is 1.62. The molecule has 1 aliphatic rings. The van der Waals surface area contributed by atoms with Crippen LogP contribution in [0.1, 0.15) is 39.0 Å². The van der Waals surface area contributed by atoms with Gasteiger partial charge >= 0.3 is 8.72 Å². The van der Waals surface area contributed by atoms with Crippen molar-refractivity contribution < 1.29 is 8.85 Å². The molecule has 3 nitrogen and oxygen atoms in total. The molecule has 0 unspecified atom stereocenters. The van der Waals surface area contributed by atoms with E-state index in [1.165, 1.54) is 45.2 Å². The first-order valence-corrected chi connectivity index (χ1v) is 8.11. The van der Waals surface area contributed by atoms with E-state index in [2.05, 4.69) is 11.5 Å². The third kappa shape index (κ3) is 3.28. The molecule has 0 aromatic heterocycles. The molecule has 0 aromatic carbocycles. The average molecular weight is 231 g/mol. The largest absolute Gasteiger partial charge is 0.427 e. The van der Waals surface area contributed by atoms with Crippen molar-refractivity contribution in [2.24, 2.45) is 0 Å². The van der Waals surface area contributed by atoms with Gasteiger partial charge in [-0.15, -0.1) is 0 Å². The molecule has 1 aliphatic heterocycles. The summed E-state index contributed by atoms with van der Waals surface area (Å²) in [6.45, 7) is 4.57. The Morgan fingerprint density at radius 1 is 1.07 bits per heavy atom. The minimum absolute atomic E-state index is 1.12. The Bertz CT molecular complexity index is 168. The van der Waals surface area contributed by atoms with E-state index in [9.17, 15) is 0 Å². The summed E-state index contributed by atoms with van der Waals surface area (Å²) in [6, 6.07) is 1.12. The Hall–Kier alpha value is 0.0969. The molecule has 4 heteroatoms. The SMILES string of the molecule is CCCCC[Si](OC)(OC)N1CCCC1. The molecule has 1 rings (SSSR count). The van der Waals surface area contributed by atoms with Crippen molar-refractivity contribution in [1.29, 1.82) is 0 Å². The zero-order chi connectivity index (χ0) is 11.1. The third-order valence-electron chi connectivity index (χ3n) is 3.32. The predicted octanol–water partition coefficient (Wildman–Crippen LogP) is 2.50. The summed E-state index contributed by atoms with van der Waals surface area (Å²) in [4.78, 5) is 0. The van der Waals surface area contributed by atoms with E-state index in [0.717, 1.165) is 6.04 Å². The minimum Gasteiger partial charge on any atom is -0.386 e. The first-order valence-electron chi connectivity index (χ1n) is 6.14. The van der Waals surface area contributed by atoms with Gasteiger partial charge in [0.15, 0.2) is 0 Å². The molecule has 90 valence electrons. The van der Waals surface area contributed by atoms with Gasteiger partial charge in [-0.1, -0.05) is 19.8 Å². The van der Waals surface area contributed by atoms with Crippen molar-refractivity contribution in [2.45, 2.75) is 45.1 Å². The van der Waals surface area contributed by atoms with Crippen LogP contribution in [-0.2, 0) is 8.85 Å². The zero-order valence-electron chi connectivity index (χ0n) is 10.4. The summed E-state index contributed by atoms with van der Waals surface area (Å²) >= 11 is 0. The predicted molar refractivity (Wildman–Crippen MR) is 64.9 cm³/mol. The van der Waals surface area contributed by atoms with Gasteiger partial charge in [-0.05, 0) is 32.4 Å². The van der Waals surface area contributed by atoms with Crippen molar-refractivity contribution in [2.75, 3.05) is 27.3 Å². The van der Waals surface area contributed by atoms with Crippen molar-refractivity contribution in [3.63, 3.8) is 0 Å². The Morgan fingerprint density at radius 2 is 1.67 bits per heavy atom. The lowest BCUT2D eigenvalue weighted by Crippen LogP contribution is -2.56. The summed E-state index contributed by atoms with van der Waals surface area (Å²) in [5, 5.41) is 0. The molecule has 0 radical (unpaired) electrons. The number of unbranched alkanes of at least 4 members (excludes halogenated alkanes) is 2. The van der Waals surface area contributed by atoms with E-state index < -0.39 is 8.72 Å². The molecule has 0 aromatic rings. The second kappa shape index (κ2) is 6.63. The zero-order valence-corrected chi connectivity index (χ0v) is 11.4. The maximum absolute atomic E-state index is 5.76. The van der Waals surface area contributed by atoms with E-state index >= 15 is 0 Å². The van der Waals surface area contributed by atoms with Crippen molar-refractivity contribution in [3.05, 3.63) is 0 Å². The fourth-order valence-electron chi connectivity index (χ4n) is 2.36. The van der Waals surface area contributed by atoms with Gasteiger partial charge in [0.05, 0.1) is 0 Å². The maximum atomic E-state index is 5.76. The molecule has 0 atom stereocenters. The van der Waals surface area contributed by atoms with E-state index in [1.807, 2.05) is 14.2 Å². The lowest BCUT2D eigenvalue weighted by atomic mass is 10.3.